The fraction of sp³-hybridized carbons (Fsp3) is 0.538. The van der Waals surface area contributed by atoms with E-state index >= 15 is 0 Å². The van der Waals surface area contributed by atoms with Crippen molar-refractivity contribution in [2.45, 2.75) is 32.9 Å². The van der Waals surface area contributed by atoms with Gasteiger partial charge in [-0.1, -0.05) is 32.9 Å². The number of hydrogen-bond acceptors (Lipinski definition) is 3. The summed E-state index contributed by atoms with van der Waals surface area (Å²) in [4.78, 5) is 0. The third-order valence-corrected chi connectivity index (χ3v) is 2.71. The summed E-state index contributed by atoms with van der Waals surface area (Å²) in [6.07, 6.45) is -0.584. The molecule has 0 aliphatic heterocycles. The molecule has 0 bridgehead atoms. The minimum Gasteiger partial charge on any atom is -0.497 e. The summed E-state index contributed by atoms with van der Waals surface area (Å²) in [7, 11) is 1.62. The van der Waals surface area contributed by atoms with E-state index in [1.165, 1.54) is 0 Å². The van der Waals surface area contributed by atoms with Gasteiger partial charge in [-0.25, -0.2) is 0 Å². The van der Waals surface area contributed by atoms with Crippen LogP contribution in [0, 0.1) is 5.41 Å². The SMILES string of the molecule is COc1cccc([C@H](N)[C@H](O)C(C)(C)C)c1.Cl. The summed E-state index contributed by atoms with van der Waals surface area (Å²) >= 11 is 0. The van der Waals surface area contributed by atoms with Crippen molar-refractivity contribution in [1.29, 1.82) is 0 Å². The smallest absolute Gasteiger partial charge is 0.119 e. The summed E-state index contributed by atoms with van der Waals surface area (Å²) in [5.41, 5.74) is 6.70. The summed E-state index contributed by atoms with van der Waals surface area (Å²) in [6, 6.07) is 7.11. The molecule has 0 aromatic heterocycles. The van der Waals surface area contributed by atoms with Gasteiger partial charge in [-0.05, 0) is 23.1 Å². The van der Waals surface area contributed by atoms with Crippen LogP contribution in [0.15, 0.2) is 24.3 Å². The van der Waals surface area contributed by atoms with Crippen LogP contribution >= 0.6 is 12.4 Å². The van der Waals surface area contributed by atoms with Gasteiger partial charge in [0.25, 0.3) is 0 Å². The Labute approximate surface area is 109 Å². The maximum atomic E-state index is 10.1. The number of ether oxygens (including phenoxy) is 1. The molecular weight excluding hydrogens is 238 g/mol. The first-order valence-electron chi connectivity index (χ1n) is 5.44. The number of methoxy groups -OCH3 is 1. The lowest BCUT2D eigenvalue weighted by Gasteiger charge is -2.31. The number of nitrogens with two attached hydrogens (primary N) is 1. The van der Waals surface area contributed by atoms with Crippen LogP contribution in [0.2, 0.25) is 0 Å². The number of hydrogen-bond donors (Lipinski definition) is 2. The zero-order chi connectivity index (χ0) is 12.3. The van der Waals surface area contributed by atoms with E-state index in [2.05, 4.69) is 0 Å². The zero-order valence-electron chi connectivity index (χ0n) is 10.8. The van der Waals surface area contributed by atoms with Gasteiger partial charge < -0.3 is 15.6 Å². The monoisotopic (exact) mass is 259 g/mol. The fourth-order valence-electron chi connectivity index (χ4n) is 1.57. The molecule has 0 unspecified atom stereocenters. The predicted octanol–water partition coefficient (Wildman–Crippen LogP) is 2.52. The zero-order valence-corrected chi connectivity index (χ0v) is 11.6. The first-order valence-corrected chi connectivity index (χ1v) is 5.44. The predicted molar refractivity (Wildman–Crippen MR) is 72.6 cm³/mol. The molecule has 1 aromatic rings. The van der Waals surface area contributed by atoms with E-state index < -0.39 is 12.1 Å². The van der Waals surface area contributed by atoms with E-state index in [1.54, 1.807) is 7.11 Å². The Morgan fingerprint density at radius 3 is 2.35 bits per heavy atom. The lowest BCUT2D eigenvalue weighted by Crippen LogP contribution is -2.36. The molecule has 3 N–H and O–H groups in total. The molecule has 4 heteroatoms. The van der Waals surface area contributed by atoms with Crippen LogP contribution in [0.1, 0.15) is 32.4 Å². The molecule has 98 valence electrons. The number of rotatable bonds is 3. The average molecular weight is 260 g/mol. The Morgan fingerprint density at radius 2 is 1.88 bits per heavy atom. The van der Waals surface area contributed by atoms with E-state index in [4.69, 9.17) is 10.5 Å². The molecule has 0 aliphatic rings. The van der Waals surface area contributed by atoms with Gasteiger partial charge in [-0.2, -0.15) is 0 Å². The van der Waals surface area contributed by atoms with Crippen molar-refractivity contribution in [3.63, 3.8) is 0 Å². The van der Waals surface area contributed by atoms with Gasteiger partial charge in [0, 0.05) is 0 Å². The molecule has 1 aromatic carbocycles. The van der Waals surface area contributed by atoms with Gasteiger partial charge in [0.05, 0.1) is 19.3 Å². The topological polar surface area (TPSA) is 55.5 Å². The molecule has 0 heterocycles. The Morgan fingerprint density at radius 1 is 1.29 bits per heavy atom. The summed E-state index contributed by atoms with van der Waals surface area (Å²) in [5.74, 6) is 0.758. The van der Waals surface area contributed by atoms with Gasteiger partial charge in [0.15, 0.2) is 0 Å². The van der Waals surface area contributed by atoms with Gasteiger partial charge in [0.2, 0.25) is 0 Å². The second-order valence-corrected chi connectivity index (χ2v) is 5.11. The van der Waals surface area contributed by atoms with Crippen molar-refractivity contribution in [3.05, 3.63) is 29.8 Å². The molecule has 0 aliphatic carbocycles. The van der Waals surface area contributed by atoms with Gasteiger partial charge >= 0.3 is 0 Å². The van der Waals surface area contributed by atoms with Crippen LogP contribution in [0.4, 0.5) is 0 Å². The number of aliphatic hydroxyl groups excluding tert-OH is 1. The average Bonchev–Trinajstić information content (AvgIpc) is 2.26. The lowest BCUT2D eigenvalue weighted by molar-refractivity contribution is 0.0400. The van der Waals surface area contributed by atoms with Crippen molar-refractivity contribution in [3.8, 4) is 5.75 Å². The van der Waals surface area contributed by atoms with E-state index in [-0.39, 0.29) is 17.8 Å². The van der Waals surface area contributed by atoms with Crippen molar-refractivity contribution in [2.24, 2.45) is 11.1 Å². The maximum Gasteiger partial charge on any atom is 0.119 e. The molecule has 0 saturated heterocycles. The van der Waals surface area contributed by atoms with Crippen LogP contribution in [0.5, 0.6) is 5.75 Å². The van der Waals surface area contributed by atoms with Crippen molar-refractivity contribution >= 4 is 12.4 Å². The summed E-state index contributed by atoms with van der Waals surface area (Å²) < 4.78 is 5.13. The fourth-order valence-corrected chi connectivity index (χ4v) is 1.57. The molecule has 0 saturated carbocycles. The van der Waals surface area contributed by atoms with E-state index in [1.807, 2.05) is 45.0 Å². The minimum atomic E-state index is -0.584. The van der Waals surface area contributed by atoms with Crippen LogP contribution in [0.25, 0.3) is 0 Å². The quantitative estimate of drug-likeness (QED) is 0.877. The van der Waals surface area contributed by atoms with E-state index in [9.17, 15) is 5.11 Å². The lowest BCUT2D eigenvalue weighted by atomic mass is 9.82. The largest absolute Gasteiger partial charge is 0.497 e. The standard InChI is InChI=1S/C13H21NO2.ClH/c1-13(2,3)12(15)11(14)9-6-5-7-10(8-9)16-4;/h5-8,11-12,15H,14H2,1-4H3;1H/t11-,12-;/m0./s1. The molecular formula is C13H22ClNO2. The minimum absolute atomic E-state index is 0. The van der Waals surface area contributed by atoms with Gasteiger partial charge in [-0.3, -0.25) is 0 Å². The maximum absolute atomic E-state index is 10.1. The molecule has 0 amide bonds. The Hall–Kier alpha value is -0.770. The van der Waals surface area contributed by atoms with E-state index in [0.29, 0.717) is 0 Å². The van der Waals surface area contributed by atoms with Crippen molar-refractivity contribution in [2.75, 3.05) is 7.11 Å². The van der Waals surface area contributed by atoms with Crippen molar-refractivity contribution < 1.29 is 9.84 Å². The first-order chi connectivity index (χ1) is 7.36. The molecule has 0 spiro atoms. The van der Waals surface area contributed by atoms with Gasteiger partial charge in [0.1, 0.15) is 5.75 Å². The Kier molecular flexibility index (Phi) is 5.96. The van der Waals surface area contributed by atoms with Crippen molar-refractivity contribution in [1.82, 2.24) is 0 Å². The summed E-state index contributed by atoms with van der Waals surface area (Å²) in [5, 5.41) is 10.1. The highest BCUT2D eigenvalue weighted by Crippen LogP contribution is 2.29. The van der Waals surface area contributed by atoms with Crippen LogP contribution in [0.3, 0.4) is 0 Å². The molecule has 0 radical (unpaired) electrons. The highest BCUT2D eigenvalue weighted by molar-refractivity contribution is 5.85. The second kappa shape index (κ2) is 6.24. The Balaban J connectivity index is 0.00000256. The number of benzene rings is 1. The molecule has 2 atom stereocenters. The van der Waals surface area contributed by atoms with Gasteiger partial charge in [-0.15, -0.1) is 12.4 Å². The molecule has 17 heavy (non-hydrogen) atoms. The normalized spacial score (nSPS) is 14.7. The molecule has 3 nitrogen and oxygen atoms in total. The van der Waals surface area contributed by atoms with Crippen LogP contribution < -0.4 is 10.5 Å². The Bertz CT molecular complexity index is 350. The van der Waals surface area contributed by atoms with E-state index in [0.717, 1.165) is 11.3 Å². The second-order valence-electron chi connectivity index (χ2n) is 5.11. The van der Waals surface area contributed by atoms with Crippen LogP contribution in [-0.4, -0.2) is 18.3 Å². The molecule has 0 fully saturated rings. The molecule has 1 rings (SSSR count). The van der Waals surface area contributed by atoms with Crippen LogP contribution in [-0.2, 0) is 0 Å². The summed E-state index contributed by atoms with van der Waals surface area (Å²) in [6.45, 7) is 5.91. The number of aliphatic hydroxyl groups is 1. The third-order valence-electron chi connectivity index (χ3n) is 2.71. The number of halogens is 1. The third kappa shape index (κ3) is 4.19. The highest BCUT2D eigenvalue weighted by atomic mass is 35.5. The highest BCUT2D eigenvalue weighted by Gasteiger charge is 2.29. The first kappa shape index (κ1) is 16.2.